The van der Waals surface area contributed by atoms with E-state index in [9.17, 15) is 4.39 Å². The minimum absolute atomic E-state index is 0.236. The lowest BCUT2D eigenvalue weighted by Gasteiger charge is -2.35. The van der Waals surface area contributed by atoms with E-state index in [1.165, 1.54) is 17.8 Å². The zero-order chi connectivity index (χ0) is 21.0. The van der Waals surface area contributed by atoms with E-state index >= 15 is 0 Å². The molecule has 5 rings (SSSR count). The molecular formula is C23H23FN6S. The summed E-state index contributed by atoms with van der Waals surface area (Å²) < 4.78 is 15.2. The van der Waals surface area contributed by atoms with Gasteiger partial charge in [0.15, 0.2) is 0 Å². The van der Waals surface area contributed by atoms with Crippen molar-refractivity contribution in [1.29, 1.82) is 0 Å². The van der Waals surface area contributed by atoms with Crippen LogP contribution in [-0.4, -0.2) is 40.9 Å². The topological polar surface area (TPSA) is 49.2 Å². The predicted molar refractivity (Wildman–Crippen MR) is 124 cm³/mol. The van der Waals surface area contributed by atoms with Gasteiger partial charge in [-0.3, -0.25) is 4.57 Å². The first-order valence-electron chi connectivity index (χ1n) is 10.3. The Morgan fingerprint density at radius 1 is 0.806 bits per heavy atom. The van der Waals surface area contributed by atoms with Gasteiger partial charge < -0.3 is 15.1 Å². The van der Waals surface area contributed by atoms with Crippen LogP contribution in [0.15, 0.2) is 72.9 Å². The fourth-order valence-corrected chi connectivity index (χ4v) is 4.65. The Labute approximate surface area is 184 Å². The zero-order valence-electron chi connectivity index (χ0n) is 17.0. The van der Waals surface area contributed by atoms with E-state index in [1.807, 2.05) is 18.3 Å². The molecule has 0 bridgehead atoms. The van der Waals surface area contributed by atoms with Crippen molar-refractivity contribution in [3.05, 3.63) is 84.4 Å². The van der Waals surface area contributed by atoms with Gasteiger partial charge in [0.1, 0.15) is 5.82 Å². The molecule has 0 amide bonds. The molecule has 0 aliphatic carbocycles. The third kappa shape index (κ3) is 4.39. The monoisotopic (exact) mass is 434 g/mol. The maximum Gasteiger partial charge on any atom is 0.218 e. The number of hydrogen-bond donors (Lipinski definition) is 1. The average molecular weight is 435 g/mol. The van der Waals surface area contributed by atoms with E-state index in [4.69, 9.17) is 0 Å². The maximum absolute atomic E-state index is 13.1. The van der Waals surface area contributed by atoms with Crippen molar-refractivity contribution >= 4 is 27.8 Å². The maximum atomic E-state index is 13.1. The van der Waals surface area contributed by atoms with Crippen LogP contribution in [0.3, 0.4) is 0 Å². The zero-order valence-corrected chi connectivity index (χ0v) is 17.8. The fourth-order valence-electron chi connectivity index (χ4n) is 3.74. The Bertz CT molecular complexity index is 1120. The molecule has 3 heterocycles. The second kappa shape index (κ2) is 8.77. The number of anilines is 3. The molecule has 0 unspecified atom stereocenters. The fraction of sp³-hybridized carbons (Fsp3) is 0.217. The van der Waals surface area contributed by atoms with Gasteiger partial charge >= 0.3 is 0 Å². The van der Waals surface area contributed by atoms with E-state index in [-0.39, 0.29) is 5.82 Å². The highest BCUT2D eigenvalue weighted by Gasteiger charge is 2.21. The number of piperazine rings is 1. The Kier molecular flexibility index (Phi) is 5.54. The molecule has 1 saturated heterocycles. The van der Waals surface area contributed by atoms with Gasteiger partial charge in [-0.1, -0.05) is 29.5 Å². The Hall–Kier alpha value is -3.39. The average Bonchev–Trinajstić information content (AvgIpc) is 3.49. The Morgan fingerprint density at radius 2 is 1.52 bits per heavy atom. The highest BCUT2D eigenvalue weighted by atomic mass is 32.1. The van der Waals surface area contributed by atoms with E-state index < -0.39 is 0 Å². The highest BCUT2D eigenvalue weighted by Crippen LogP contribution is 2.26. The normalized spacial score (nSPS) is 14.1. The van der Waals surface area contributed by atoms with Crippen LogP contribution < -0.4 is 15.1 Å². The highest BCUT2D eigenvalue weighted by molar-refractivity contribution is 7.17. The van der Waals surface area contributed by atoms with Crippen LogP contribution in [0, 0.1) is 5.82 Å². The molecular weight excluding hydrogens is 411 g/mol. The van der Waals surface area contributed by atoms with Crippen LogP contribution in [0.1, 0.15) is 5.69 Å². The molecule has 0 spiro atoms. The van der Waals surface area contributed by atoms with Gasteiger partial charge in [-0.25, -0.2) is 4.39 Å². The second-order valence-corrected chi connectivity index (χ2v) is 8.34. The van der Waals surface area contributed by atoms with Crippen molar-refractivity contribution in [3.63, 3.8) is 0 Å². The van der Waals surface area contributed by atoms with Crippen molar-refractivity contribution in [2.24, 2.45) is 0 Å². The quantitative estimate of drug-likeness (QED) is 0.487. The lowest BCUT2D eigenvalue weighted by atomic mass is 10.2. The van der Waals surface area contributed by atoms with Crippen molar-refractivity contribution in [1.82, 2.24) is 14.8 Å². The van der Waals surface area contributed by atoms with E-state index in [0.29, 0.717) is 6.54 Å². The number of nitrogens with one attached hydrogen (secondary N) is 1. The predicted octanol–water partition coefficient (Wildman–Crippen LogP) is 4.41. The van der Waals surface area contributed by atoms with Gasteiger partial charge in [0.05, 0.1) is 6.54 Å². The summed E-state index contributed by atoms with van der Waals surface area (Å²) in [5.74, 6) is -0.236. The SMILES string of the molecule is Fc1ccc(NCc2cccn2-c2nnc(N3CCN(c4ccccc4)CC3)s2)cc1. The Balaban J connectivity index is 1.23. The number of nitrogens with zero attached hydrogens (tertiary/aromatic N) is 5. The molecule has 6 nitrogen and oxygen atoms in total. The molecule has 1 N–H and O–H groups in total. The molecule has 31 heavy (non-hydrogen) atoms. The van der Waals surface area contributed by atoms with Gasteiger partial charge in [0.2, 0.25) is 10.3 Å². The number of rotatable bonds is 6. The molecule has 0 atom stereocenters. The van der Waals surface area contributed by atoms with Gasteiger partial charge in [-0.15, -0.1) is 10.2 Å². The molecule has 1 aliphatic rings. The van der Waals surface area contributed by atoms with Crippen LogP contribution in [0.4, 0.5) is 20.9 Å². The number of benzene rings is 2. The number of aromatic nitrogens is 3. The summed E-state index contributed by atoms with van der Waals surface area (Å²) in [6, 6.07) is 21.0. The minimum Gasteiger partial charge on any atom is -0.379 e. The molecule has 2 aromatic heterocycles. The first-order valence-corrected chi connectivity index (χ1v) is 11.1. The largest absolute Gasteiger partial charge is 0.379 e. The summed E-state index contributed by atoms with van der Waals surface area (Å²) >= 11 is 1.60. The van der Waals surface area contributed by atoms with Crippen LogP contribution in [0.25, 0.3) is 5.13 Å². The summed E-state index contributed by atoms with van der Waals surface area (Å²) in [4.78, 5) is 4.71. The smallest absolute Gasteiger partial charge is 0.218 e. The lowest BCUT2D eigenvalue weighted by molar-refractivity contribution is 0.628. The van der Waals surface area contributed by atoms with Gasteiger partial charge in [0, 0.05) is 49.4 Å². The molecule has 0 radical (unpaired) electrons. The van der Waals surface area contributed by atoms with Crippen molar-refractivity contribution in [3.8, 4) is 5.13 Å². The molecule has 1 aliphatic heterocycles. The Morgan fingerprint density at radius 3 is 2.29 bits per heavy atom. The van der Waals surface area contributed by atoms with Gasteiger partial charge in [0.25, 0.3) is 0 Å². The van der Waals surface area contributed by atoms with Crippen LogP contribution >= 0.6 is 11.3 Å². The first-order chi connectivity index (χ1) is 15.3. The number of halogens is 1. The summed E-state index contributed by atoms with van der Waals surface area (Å²) in [6.07, 6.45) is 2.00. The summed E-state index contributed by atoms with van der Waals surface area (Å²) in [5.41, 5.74) is 3.22. The second-order valence-electron chi connectivity index (χ2n) is 7.41. The lowest BCUT2D eigenvalue weighted by Crippen LogP contribution is -2.46. The standard InChI is InChI=1S/C23H23FN6S/c24-18-8-10-19(11-9-18)25-17-21-7-4-12-30(21)23-27-26-22(31-23)29-15-13-28(14-16-29)20-5-2-1-3-6-20/h1-12,25H,13-17H2. The van der Waals surface area contributed by atoms with Crippen molar-refractivity contribution < 1.29 is 4.39 Å². The summed E-state index contributed by atoms with van der Waals surface area (Å²) in [5, 5.41) is 14.0. The summed E-state index contributed by atoms with van der Waals surface area (Å²) in [6.45, 7) is 4.40. The van der Waals surface area contributed by atoms with Crippen LogP contribution in [0.5, 0.6) is 0 Å². The van der Waals surface area contributed by atoms with Gasteiger partial charge in [-0.05, 0) is 48.5 Å². The summed E-state index contributed by atoms with van der Waals surface area (Å²) in [7, 11) is 0. The van der Waals surface area contributed by atoms with E-state index in [1.54, 1.807) is 23.5 Å². The number of para-hydroxylation sites is 1. The van der Waals surface area contributed by atoms with E-state index in [0.717, 1.165) is 47.8 Å². The third-order valence-corrected chi connectivity index (χ3v) is 6.42. The first kappa shape index (κ1) is 19.6. The van der Waals surface area contributed by atoms with Crippen molar-refractivity contribution in [2.45, 2.75) is 6.54 Å². The van der Waals surface area contributed by atoms with Crippen LogP contribution in [0.2, 0.25) is 0 Å². The molecule has 4 aromatic rings. The van der Waals surface area contributed by atoms with Crippen molar-refractivity contribution in [2.75, 3.05) is 41.3 Å². The van der Waals surface area contributed by atoms with E-state index in [2.05, 4.69) is 60.2 Å². The minimum atomic E-state index is -0.236. The molecule has 8 heteroatoms. The van der Waals surface area contributed by atoms with Crippen LogP contribution in [-0.2, 0) is 6.54 Å². The molecule has 2 aromatic carbocycles. The molecule has 0 saturated carbocycles. The molecule has 1 fully saturated rings. The number of hydrogen-bond acceptors (Lipinski definition) is 6. The molecule has 158 valence electrons. The third-order valence-electron chi connectivity index (χ3n) is 5.43. The van der Waals surface area contributed by atoms with Gasteiger partial charge in [-0.2, -0.15) is 0 Å².